The van der Waals surface area contributed by atoms with Gasteiger partial charge >= 0.3 is 17.7 Å². The number of carboxylic acids is 2. The molecule has 1 atom stereocenters. The third kappa shape index (κ3) is 2.19. The molecule has 0 spiro atoms. The largest absolute Gasteiger partial charge is 0.475 e. The van der Waals surface area contributed by atoms with Crippen LogP contribution in [0.3, 0.4) is 0 Å². The molecule has 3 N–H and O–H groups in total. The van der Waals surface area contributed by atoms with E-state index in [1.807, 2.05) is 0 Å². The van der Waals surface area contributed by atoms with E-state index in [4.69, 9.17) is 19.7 Å². The van der Waals surface area contributed by atoms with Crippen molar-refractivity contribution in [2.45, 2.75) is 25.2 Å². The monoisotopic (exact) mass is 268 g/mol. The van der Waals surface area contributed by atoms with Crippen LogP contribution in [0.2, 0.25) is 0 Å². The molecular formula is C12H12O7. The molecule has 102 valence electrons. The van der Waals surface area contributed by atoms with E-state index in [1.54, 1.807) is 13.0 Å². The van der Waals surface area contributed by atoms with Crippen LogP contribution in [0.1, 0.15) is 12.5 Å². The molecule has 2 rings (SSSR count). The molecule has 0 fully saturated rings. The van der Waals surface area contributed by atoms with Crippen LogP contribution in [0, 0.1) is 0 Å². The summed E-state index contributed by atoms with van der Waals surface area (Å²) in [6.07, 6.45) is -0.242. The average molecular weight is 268 g/mol. The molecule has 1 aliphatic rings. The van der Waals surface area contributed by atoms with Gasteiger partial charge in [-0.1, -0.05) is 6.07 Å². The standard InChI is InChI=1S/C12H12O7/c1-6(13)4-7-2-3-8-9(5-7)19-12(18-8,10(14)15)11(16)17/h2-3,5-6,13H,4H2,1H3,(H,14,15)(H,16,17)/t6-/m1/s1. The predicted molar refractivity (Wildman–Crippen MR) is 61.1 cm³/mol. The first-order chi connectivity index (χ1) is 8.85. The lowest BCUT2D eigenvalue weighted by molar-refractivity contribution is -0.194. The molecule has 0 aliphatic carbocycles. The summed E-state index contributed by atoms with van der Waals surface area (Å²) in [5.74, 6) is -6.16. The normalized spacial score (nSPS) is 16.9. The molecule has 1 aliphatic heterocycles. The highest BCUT2D eigenvalue weighted by Gasteiger charge is 2.57. The first kappa shape index (κ1) is 13.2. The third-order valence-corrected chi connectivity index (χ3v) is 2.61. The van der Waals surface area contributed by atoms with Crippen LogP contribution in [0.15, 0.2) is 18.2 Å². The Kier molecular flexibility index (Phi) is 3.07. The van der Waals surface area contributed by atoms with Gasteiger partial charge in [-0.2, -0.15) is 0 Å². The fourth-order valence-electron chi connectivity index (χ4n) is 1.78. The zero-order valence-corrected chi connectivity index (χ0v) is 9.99. The summed E-state index contributed by atoms with van der Waals surface area (Å²) in [6, 6.07) is 4.48. The summed E-state index contributed by atoms with van der Waals surface area (Å²) in [6.45, 7) is 1.60. The lowest BCUT2D eigenvalue weighted by atomic mass is 10.1. The van der Waals surface area contributed by atoms with Crippen LogP contribution in [0.25, 0.3) is 0 Å². The van der Waals surface area contributed by atoms with E-state index in [2.05, 4.69) is 0 Å². The molecule has 1 heterocycles. The van der Waals surface area contributed by atoms with Gasteiger partial charge in [-0.15, -0.1) is 0 Å². The highest BCUT2D eigenvalue weighted by Crippen LogP contribution is 2.40. The van der Waals surface area contributed by atoms with Gasteiger partial charge in [0, 0.05) is 0 Å². The fraction of sp³-hybridized carbons (Fsp3) is 0.333. The van der Waals surface area contributed by atoms with Crippen LogP contribution in [-0.2, 0) is 16.0 Å². The number of carbonyl (C=O) groups is 2. The zero-order chi connectivity index (χ0) is 14.2. The summed E-state index contributed by atoms with van der Waals surface area (Å²) in [5, 5.41) is 27.2. The summed E-state index contributed by atoms with van der Waals surface area (Å²) >= 11 is 0. The van der Waals surface area contributed by atoms with Gasteiger partial charge in [0.05, 0.1) is 6.10 Å². The summed E-state index contributed by atoms with van der Waals surface area (Å²) < 4.78 is 9.83. The number of aliphatic hydroxyl groups is 1. The van der Waals surface area contributed by atoms with Crippen molar-refractivity contribution in [2.75, 3.05) is 0 Å². The average Bonchev–Trinajstić information content (AvgIpc) is 2.68. The van der Waals surface area contributed by atoms with E-state index in [0.717, 1.165) is 0 Å². The van der Waals surface area contributed by atoms with Crippen molar-refractivity contribution < 1.29 is 34.4 Å². The minimum atomic E-state index is -2.74. The van der Waals surface area contributed by atoms with Crippen LogP contribution in [-0.4, -0.2) is 39.1 Å². The fourth-order valence-corrected chi connectivity index (χ4v) is 1.78. The Hall–Kier alpha value is -2.28. The van der Waals surface area contributed by atoms with E-state index in [1.165, 1.54) is 12.1 Å². The Labute approximate surface area is 108 Å². The SMILES string of the molecule is C[C@@H](O)Cc1ccc2c(c1)OC(C(=O)O)(C(=O)O)O2. The van der Waals surface area contributed by atoms with Crippen molar-refractivity contribution in [1.29, 1.82) is 0 Å². The highest BCUT2D eigenvalue weighted by atomic mass is 16.8. The third-order valence-electron chi connectivity index (χ3n) is 2.61. The number of carboxylic acid groups (broad SMARTS) is 2. The topological polar surface area (TPSA) is 113 Å². The van der Waals surface area contributed by atoms with Crippen molar-refractivity contribution in [3.05, 3.63) is 23.8 Å². The van der Waals surface area contributed by atoms with E-state index in [-0.39, 0.29) is 11.5 Å². The molecule has 0 saturated heterocycles. The lowest BCUT2D eigenvalue weighted by Crippen LogP contribution is -2.54. The Morgan fingerprint density at radius 1 is 1.21 bits per heavy atom. The molecule has 0 radical (unpaired) electrons. The van der Waals surface area contributed by atoms with E-state index in [0.29, 0.717) is 12.0 Å². The van der Waals surface area contributed by atoms with Crippen LogP contribution in [0.5, 0.6) is 11.5 Å². The van der Waals surface area contributed by atoms with Gasteiger partial charge in [0.2, 0.25) is 0 Å². The number of rotatable bonds is 4. The number of aliphatic hydroxyl groups excluding tert-OH is 1. The van der Waals surface area contributed by atoms with E-state index >= 15 is 0 Å². The molecule has 7 heteroatoms. The summed E-state index contributed by atoms with van der Waals surface area (Å²) in [4.78, 5) is 22.1. The van der Waals surface area contributed by atoms with Crippen LogP contribution < -0.4 is 9.47 Å². The maximum atomic E-state index is 11.0. The molecule has 0 bridgehead atoms. The van der Waals surface area contributed by atoms with Gasteiger partial charge in [0.25, 0.3) is 0 Å². The first-order valence-corrected chi connectivity index (χ1v) is 5.51. The summed E-state index contributed by atoms with van der Waals surface area (Å²) in [5.41, 5.74) is 0.684. The minimum Gasteiger partial charge on any atom is -0.475 e. The van der Waals surface area contributed by atoms with Crippen LogP contribution in [0.4, 0.5) is 0 Å². The number of hydrogen-bond acceptors (Lipinski definition) is 5. The van der Waals surface area contributed by atoms with Crippen molar-refractivity contribution >= 4 is 11.9 Å². The highest BCUT2D eigenvalue weighted by molar-refractivity contribution is 6.01. The number of fused-ring (bicyclic) bond motifs is 1. The van der Waals surface area contributed by atoms with Crippen molar-refractivity contribution in [2.24, 2.45) is 0 Å². The Bertz CT molecular complexity index is 521. The molecular weight excluding hydrogens is 256 g/mol. The van der Waals surface area contributed by atoms with E-state index in [9.17, 15) is 14.7 Å². The second kappa shape index (κ2) is 4.43. The molecule has 7 nitrogen and oxygen atoms in total. The molecule has 0 saturated carbocycles. The second-order valence-corrected chi connectivity index (χ2v) is 4.27. The van der Waals surface area contributed by atoms with Gasteiger partial charge in [-0.25, -0.2) is 9.59 Å². The van der Waals surface area contributed by atoms with Crippen molar-refractivity contribution in [3.8, 4) is 11.5 Å². The van der Waals surface area contributed by atoms with Gasteiger partial charge in [-0.3, -0.25) is 0 Å². The Morgan fingerprint density at radius 3 is 2.32 bits per heavy atom. The predicted octanol–water partition coefficient (Wildman–Crippen LogP) is 0.247. The number of ether oxygens (including phenoxy) is 2. The van der Waals surface area contributed by atoms with Gasteiger partial charge < -0.3 is 24.8 Å². The van der Waals surface area contributed by atoms with E-state index < -0.39 is 23.8 Å². The maximum Gasteiger partial charge on any atom is 0.453 e. The quantitative estimate of drug-likeness (QED) is 0.670. The molecule has 1 aromatic rings. The molecule has 19 heavy (non-hydrogen) atoms. The Morgan fingerprint density at radius 2 is 1.79 bits per heavy atom. The van der Waals surface area contributed by atoms with Gasteiger partial charge in [0.1, 0.15) is 0 Å². The maximum absolute atomic E-state index is 11.0. The number of hydrogen-bond donors (Lipinski definition) is 3. The lowest BCUT2D eigenvalue weighted by Gasteiger charge is -2.16. The molecule has 0 unspecified atom stereocenters. The Balaban J connectivity index is 2.34. The second-order valence-electron chi connectivity index (χ2n) is 4.27. The first-order valence-electron chi connectivity index (χ1n) is 5.51. The summed E-state index contributed by atoms with van der Waals surface area (Å²) in [7, 11) is 0. The molecule has 0 amide bonds. The van der Waals surface area contributed by atoms with Crippen molar-refractivity contribution in [3.63, 3.8) is 0 Å². The van der Waals surface area contributed by atoms with Gasteiger partial charge in [0.15, 0.2) is 11.5 Å². The van der Waals surface area contributed by atoms with Gasteiger partial charge in [-0.05, 0) is 31.0 Å². The zero-order valence-electron chi connectivity index (χ0n) is 9.99. The molecule has 0 aromatic heterocycles. The van der Waals surface area contributed by atoms with Crippen LogP contribution >= 0.6 is 0 Å². The van der Waals surface area contributed by atoms with Crippen molar-refractivity contribution in [1.82, 2.24) is 0 Å². The molecule has 1 aromatic carbocycles. The number of aliphatic carboxylic acids is 2. The smallest absolute Gasteiger partial charge is 0.453 e. The number of benzene rings is 1. The minimum absolute atomic E-state index is 0.0305.